The van der Waals surface area contributed by atoms with Gasteiger partial charge in [0, 0.05) is 24.8 Å². The van der Waals surface area contributed by atoms with Crippen LogP contribution in [0.3, 0.4) is 0 Å². The van der Waals surface area contributed by atoms with Gasteiger partial charge < -0.3 is 9.65 Å². The number of rotatable bonds is 1. The number of hydrogen-bond donors (Lipinski definition) is 1. The molecule has 1 unspecified atom stereocenters. The van der Waals surface area contributed by atoms with Gasteiger partial charge in [0.2, 0.25) is 6.41 Å². The SMILES string of the molecule is CNC=O.Pn1ccc2cccnc21. The number of amides is 1. The van der Waals surface area contributed by atoms with E-state index in [1.807, 2.05) is 28.7 Å². The molecule has 5 heteroatoms. The number of hydrogen-bond acceptors (Lipinski definition) is 2. The lowest BCUT2D eigenvalue weighted by Crippen LogP contribution is -1.98. The van der Waals surface area contributed by atoms with Crippen LogP contribution in [-0.4, -0.2) is 22.8 Å². The molecule has 2 aromatic heterocycles. The molecule has 1 amide bonds. The largest absolute Gasteiger partial charge is 0.362 e. The molecule has 0 aliphatic rings. The van der Waals surface area contributed by atoms with E-state index < -0.39 is 0 Å². The van der Waals surface area contributed by atoms with Gasteiger partial charge in [0.05, 0.1) is 0 Å². The summed E-state index contributed by atoms with van der Waals surface area (Å²) in [6, 6.07) is 6.02. The summed E-state index contributed by atoms with van der Waals surface area (Å²) in [7, 11) is 4.15. The Bertz CT molecular complexity index is 413. The predicted octanol–water partition coefficient (Wildman–Crippen LogP) is 1.04. The molecule has 2 rings (SSSR count). The lowest BCUT2D eigenvalue weighted by Gasteiger charge is -1.90. The molecule has 74 valence electrons. The second-order valence-electron chi connectivity index (χ2n) is 2.55. The van der Waals surface area contributed by atoms with Crippen molar-refractivity contribution in [1.82, 2.24) is 14.6 Å². The number of aromatic nitrogens is 2. The summed E-state index contributed by atoms with van der Waals surface area (Å²) in [4.78, 5) is 13.2. The Morgan fingerprint density at radius 2 is 2.29 bits per heavy atom. The third-order valence-corrected chi connectivity index (χ3v) is 2.01. The van der Waals surface area contributed by atoms with Gasteiger partial charge in [0.15, 0.2) is 0 Å². The van der Waals surface area contributed by atoms with Crippen molar-refractivity contribution in [2.45, 2.75) is 0 Å². The van der Waals surface area contributed by atoms with E-state index in [1.54, 1.807) is 13.2 Å². The van der Waals surface area contributed by atoms with E-state index in [9.17, 15) is 0 Å². The molecule has 0 spiro atoms. The normalized spacial score (nSPS) is 9.00. The highest BCUT2D eigenvalue weighted by Crippen LogP contribution is 2.13. The minimum atomic E-state index is 0.625. The van der Waals surface area contributed by atoms with E-state index in [0.29, 0.717) is 6.41 Å². The van der Waals surface area contributed by atoms with Crippen LogP contribution in [-0.2, 0) is 4.79 Å². The molecule has 2 heterocycles. The number of pyridine rings is 1. The van der Waals surface area contributed by atoms with Gasteiger partial charge in [-0.05, 0) is 27.6 Å². The average molecular weight is 209 g/mol. The Hall–Kier alpha value is -1.41. The van der Waals surface area contributed by atoms with E-state index in [4.69, 9.17) is 4.79 Å². The Morgan fingerprint density at radius 1 is 1.57 bits per heavy atom. The van der Waals surface area contributed by atoms with Crippen molar-refractivity contribution in [2.75, 3.05) is 7.05 Å². The highest BCUT2D eigenvalue weighted by Gasteiger charge is 1.94. The van der Waals surface area contributed by atoms with Gasteiger partial charge in [-0.2, -0.15) is 0 Å². The molecule has 1 atom stereocenters. The Labute approximate surface area is 84.6 Å². The van der Waals surface area contributed by atoms with Gasteiger partial charge in [-0.1, -0.05) is 0 Å². The van der Waals surface area contributed by atoms with E-state index in [-0.39, 0.29) is 0 Å². The maximum absolute atomic E-state index is 9.06. The highest BCUT2D eigenvalue weighted by atomic mass is 31.0. The van der Waals surface area contributed by atoms with Gasteiger partial charge in [-0.25, -0.2) is 4.98 Å². The van der Waals surface area contributed by atoms with Crippen LogP contribution in [0.2, 0.25) is 0 Å². The zero-order valence-electron chi connectivity index (χ0n) is 7.84. The smallest absolute Gasteiger partial charge is 0.206 e. The van der Waals surface area contributed by atoms with Gasteiger partial charge in [0.1, 0.15) is 5.65 Å². The monoisotopic (exact) mass is 209 g/mol. The van der Waals surface area contributed by atoms with E-state index in [2.05, 4.69) is 19.7 Å². The molecule has 4 nitrogen and oxygen atoms in total. The van der Waals surface area contributed by atoms with Crippen molar-refractivity contribution in [3.8, 4) is 0 Å². The number of carbonyl (C=O) groups is 1. The predicted molar refractivity (Wildman–Crippen MR) is 60.0 cm³/mol. The average Bonchev–Trinajstić information content (AvgIpc) is 2.62. The molecule has 0 bridgehead atoms. The molecule has 1 N–H and O–H groups in total. The molecule has 0 saturated heterocycles. The van der Waals surface area contributed by atoms with Crippen molar-refractivity contribution in [3.63, 3.8) is 0 Å². The van der Waals surface area contributed by atoms with Gasteiger partial charge in [-0.15, -0.1) is 0 Å². The molecule has 14 heavy (non-hydrogen) atoms. The van der Waals surface area contributed by atoms with Crippen molar-refractivity contribution in [2.24, 2.45) is 0 Å². The molecular weight excluding hydrogens is 197 g/mol. The molecule has 0 aliphatic heterocycles. The Morgan fingerprint density at radius 3 is 2.86 bits per heavy atom. The molecular formula is C9H12N3OP. The summed E-state index contributed by atoms with van der Waals surface area (Å²) in [5.41, 5.74) is 1.01. The summed E-state index contributed by atoms with van der Waals surface area (Å²) in [5, 5.41) is 3.43. The third kappa shape index (κ3) is 2.54. The number of carbonyl (C=O) groups excluding carboxylic acids is 1. The van der Waals surface area contributed by atoms with Crippen LogP contribution in [0.25, 0.3) is 11.0 Å². The standard InChI is InChI=1S/C7H7N2P.C2H5NO/c10-9-5-3-6-2-1-4-8-7(6)9;1-3-2-4/h1-5H,10H2;2H,1H3,(H,3,4). The van der Waals surface area contributed by atoms with Crippen LogP contribution < -0.4 is 5.32 Å². The number of nitrogens with one attached hydrogen (secondary N) is 1. The molecule has 0 aromatic carbocycles. The maximum atomic E-state index is 9.06. The van der Waals surface area contributed by atoms with Gasteiger partial charge in [0.25, 0.3) is 0 Å². The van der Waals surface area contributed by atoms with Crippen molar-refractivity contribution in [1.29, 1.82) is 0 Å². The Kier molecular flexibility index (Phi) is 4.08. The summed E-state index contributed by atoms with van der Waals surface area (Å²) in [5.74, 6) is 0. The molecule has 0 radical (unpaired) electrons. The third-order valence-electron chi connectivity index (χ3n) is 1.59. The summed E-state index contributed by atoms with van der Waals surface area (Å²) >= 11 is 0. The van der Waals surface area contributed by atoms with Crippen LogP contribution in [0, 0.1) is 0 Å². The van der Waals surface area contributed by atoms with Crippen molar-refractivity contribution >= 4 is 26.8 Å². The Balaban J connectivity index is 0.000000213. The zero-order valence-corrected chi connectivity index (χ0v) is 9.00. The van der Waals surface area contributed by atoms with Crippen LogP contribution in [0.1, 0.15) is 0 Å². The fourth-order valence-corrected chi connectivity index (χ4v) is 1.29. The van der Waals surface area contributed by atoms with Crippen LogP contribution >= 0.6 is 9.39 Å². The number of fused-ring (bicyclic) bond motifs is 1. The lowest BCUT2D eigenvalue weighted by atomic mass is 10.3. The zero-order chi connectivity index (χ0) is 10.4. The van der Waals surface area contributed by atoms with Gasteiger partial charge >= 0.3 is 0 Å². The van der Waals surface area contributed by atoms with E-state index >= 15 is 0 Å². The van der Waals surface area contributed by atoms with Crippen LogP contribution in [0.4, 0.5) is 0 Å². The molecule has 0 aliphatic carbocycles. The highest BCUT2D eigenvalue weighted by molar-refractivity contribution is 7.14. The second-order valence-corrected chi connectivity index (χ2v) is 3.10. The summed E-state index contributed by atoms with van der Waals surface area (Å²) in [6.07, 6.45) is 4.39. The molecule has 0 fully saturated rings. The molecule has 0 saturated carbocycles. The topological polar surface area (TPSA) is 46.9 Å². The lowest BCUT2D eigenvalue weighted by molar-refractivity contribution is -0.109. The first kappa shape index (κ1) is 10.7. The van der Waals surface area contributed by atoms with Crippen molar-refractivity contribution < 1.29 is 4.79 Å². The van der Waals surface area contributed by atoms with Gasteiger partial charge in [-0.3, -0.25) is 4.79 Å². The number of nitrogens with zero attached hydrogens (tertiary/aromatic N) is 2. The fourth-order valence-electron chi connectivity index (χ4n) is 0.986. The summed E-state index contributed by atoms with van der Waals surface area (Å²) in [6.45, 7) is 0. The van der Waals surface area contributed by atoms with E-state index in [0.717, 1.165) is 5.65 Å². The first-order valence-electron chi connectivity index (χ1n) is 4.07. The second kappa shape index (κ2) is 5.35. The quantitative estimate of drug-likeness (QED) is 0.563. The van der Waals surface area contributed by atoms with Crippen LogP contribution in [0.15, 0.2) is 30.6 Å². The first-order valence-corrected chi connectivity index (χ1v) is 4.59. The maximum Gasteiger partial charge on any atom is 0.206 e. The van der Waals surface area contributed by atoms with Crippen molar-refractivity contribution in [3.05, 3.63) is 30.6 Å². The van der Waals surface area contributed by atoms with E-state index in [1.165, 1.54) is 5.39 Å². The summed E-state index contributed by atoms with van der Waals surface area (Å²) < 4.78 is 1.93. The first-order chi connectivity index (χ1) is 6.79. The minimum absolute atomic E-state index is 0.625. The fraction of sp³-hybridized carbons (Fsp3) is 0.111. The van der Waals surface area contributed by atoms with Crippen LogP contribution in [0.5, 0.6) is 0 Å². The molecule has 2 aromatic rings. The minimum Gasteiger partial charge on any atom is -0.362 e.